The molecule has 1 aliphatic rings. The van der Waals surface area contributed by atoms with Crippen LogP contribution in [0.1, 0.15) is 31.2 Å². The molecule has 0 spiro atoms. The van der Waals surface area contributed by atoms with Gasteiger partial charge in [0.1, 0.15) is 16.4 Å². The number of rotatable bonds is 5. The number of sulfone groups is 2. The first-order valence-corrected chi connectivity index (χ1v) is 12.5. The van der Waals surface area contributed by atoms with Gasteiger partial charge in [-0.2, -0.15) is 13.2 Å². The first kappa shape index (κ1) is 22.0. The lowest BCUT2D eigenvalue weighted by molar-refractivity contribution is -0.0435. The molecule has 13 heteroatoms. The highest BCUT2D eigenvalue weighted by molar-refractivity contribution is 7.92. The number of fused-ring (bicyclic) bond motifs is 1. The Kier molecular flexibility index (Phi) is 5.10. The fourth-order valence-electron chi connectivity index (χ4n) is 3.02. The van der Waals surface area contributed by atoms with Crippen LogP contribution in [0.4, 0.5) is 13.2 Å². The SMILES string of the molecule is CCS(=O)(=O)c1cc(C2CC2)c(Cl)nc1-c1nc2cc(S(=O)(=O)C(F)(F)F)ccc2o1. The number of pyridine rings is 1. The van der Waals surface area contributed by atoms with Gasteiger partial charge in [0, 0.05) is 0 Å². The molecule has 1 saturated carbocycles. The number of halogens is 4. The molecule has 1 aromatic carbocycles. The van der Waals surface area contributed by atoms with Gasteiger partial charge in [-0.15, -0.1) is 0 Å². The topological polar surface area (TPSA) is 107 Å². The van der Waals surface area contributed by atoms with Crippen molar-refractivity contribution in [2.24, 2.45) is 0 Å². The molecule has 1 aliphatic carbocycles. The van der Waals surface area contributed by atoms with Crippen molar-refractivity contribution in [2.45, 2.75) is 41.0 Å². The second-order valence-corrected chi connectivity index (χ2v) is 11.5. The average molecular weight is 495 g/mol. The third kappa shape index (κ3) is 3.80. The van der Waals surface area contributed by atoms with E-state index in [1.165, 1.54) is 13.0 Å². The molecule has 4 rings (SSSR count). The summed E-state index contributed by atoms with van der Waals surface area (Å²) < 4.78 is 92.6. The van der Waals surface area contributed by atoms with Crippen LogP contribution in [0.15, 0.2) is 38.5 Å². The van der Waals surface area contributed by atoms with Gasteiger partial charge in [-0.1, -0.05) is 18.5 Å². The molecule has 0 radical (unpaired) electrons. The summed E-state index contributed by atoms with van der Waals surface area (Å²) in [7, 11) is -9.36. The van der Waals surface area contributed by atoms with Crippen molar-refractivity contribution < 1.29 is 34.4 Å². The molecule has 1 fully saturated rings. The summed E-state index contributed by atoms with van der Waals surface area (Å²) >= 11 is 6.23. The van der Waals surface area contributed by atoms with E-state index in [4.69, 9.17) is 16.0 Å². The van der Waals surface area contributed by atoms with Crippen LogP contribution < -0.4 is 0 Å². The number of hydrogen-bond donors (Lipinski definition) is 0. The van der Waals surface area contributed by atoms with Gasteiger partial charge in [0.05, 0.1) is 15.5 Å². The number of nitrogens with zero attached hydrogens (tertiary/aromatic N) is 2. The van der Waals surface area contributed by atoms with Crippen LogP contribution in [-0.4, -0.2) is 38.1 Å². The Morgan fingerprint density at radius 1 is 1.13 bits per heavy atom. The number of benzene rings is 1. The quantitative estimate of drug-likeness (QED) is 0.480. The minimum absolute atomic E-state index is 0.0415. The van der Waals surface area contributed by atoms with Gasteiger partial charge in [-0.3, -0.25) is 0 Å². The van der Waals surface area contributed by atoms with Gasteiger partial charge in [-0.05, 0) is 48.6 Å². The van der Waals surface area contributed by atoms with Crippen molar-refractivity contribution in [3.05, 3.63) is 35.0 Å². The largest absolute Gasteiger partial charge is 0.501 e. The molecule has 166 valence electrons. The van der Waals surface area contributed by atoms with Gasteiger partial charge in [0.2, 0.25) is 5.89 Å². The molecule has 0 aliphatic heterocycles. The van der Waals surface area contributed by atoms with Crippen molar-refractivity contribution in [1.29, 1.82) is 0 Å². The smallest absolute Gasteiger partial charge is 0.435 e. The lowest BCUT2D eigenvalue weighted by Crippen LogP contribution is -2.23. The molecule has 0 bridgehead atoms. The third-order valence-corrected chi connectivity index (χ3v) is 8.41. The standard InChI is InChI=1S/C18H14ClF3N2O5S2/c1-2-30(25,26)14-8-11(9-3-4-9)16(19)24-15(14)17-23-12-7-10(5-6-13(12)29-17)31(27,28)18(20,21)22/h5-9H,2-4H2,1H3. The van der Waals surface area contributed by atoms with Gasteiger partial charge in [0.25, 0.3) is 9.84 Å². The summed E-state index contributed by atoms with van der Waals surface area (Å²) in [5, 5.41) is 0.0788. The van der Waals surface area contributed by atoms with E-state index in [1.54, 1.807) is 0 Å². The highest BCUT2D eigenvalue weighted by Gasteiger charge is 2.47. The van der Waals surface area contributed by atoms with E-state index >= 15 is 0 Å². The molecule has 0 unspecified atom stereocenters. The summed E-state index contributed by atoms with van der Waals surface area (Å²) in [5.41, 5.74) is -5.33. The molecule has 0 N–H and O–H groups in total. The Morgan fingerprint density at radius 3 is 2.39 bits per heavy atom. The van der Waals surface area contributed by atoms with Crippen LogP contribution in [0, 0.1) is 0 Å². The predicted molar refractivity (Wildman–Crippen MR) is 105 cm³/mol. The minimum Gasteiger partial charge on any atom is -0.435 e. The van der Waals surface area contributed by atoms with E-state index in [0.29, 0.717) is 11.6 Å². The minimum atomic E-state index is -5.59. The van der Waals surface area contributed by atoms with Crippen LogP contribution in [0.2, 0.25) is 5.15 Å². The number of oxazole rings is 1. The summed E-state index contributed by atoms with van der Waals surface area (Å²) in [6.07, 6.45) is 1.71. The molecule has 3 aromatic rings. The van der Waals surface area contributed by atoms with Crippen molar-refractivity contribution in [3.63, 3.8) is 0 Å². The van der Waals surface area contributed by atoms with Crippen molar-refractivity contribution >= 4 is 42.4 Å². The third-order valence-electron chi connectivity index (χ3n) is 4.88. The van der Waals surface area contributed by atoms with Crippen LogP contribution >= 0.6 is 11.6 Å². The molecule has 7 nitrogen and oxygen atoms in total. The molecule has 2 aromatic heterocycles. The summed E-state index contributed by atoms with van der Waals surface area (Å²) in [6, 6.07) is 3.88. The zero-order valence-corrected chi connectivity index (χ0v) is 18.2. The summed E-state index contributed by atoms with van der Waals surface area (Å²) in [4.78, 5) is 6.98. The van der Waals surface area contributed by atoms with Crippen LogP contribution in [0.25, 0.3) is 22.7 Å². The molecule has 0 saturated heterocycles. The first-order chi connectivity index (χ1) is 14.3. The van der Waals surface area contributed by atoms with E-state index in [-0.39, 0.29) is 44.4 Å². The van der Waals surface area contributed by atoms with Crippen LogP contribution in [0.3, 0.4) is 0 Å². The lowest BCUT2D eigenvalue weighted by Gasteiger charge is -2.10. The van der Waals surface area contributed by atoms with E-state index in [2.05, 4.69) is 9.97 Å². The van der Waals surface area contributed by atoms with Crippen molar-refractivity contribution in [3.8, 4) is 11.6 Å². The second kappa shape index (κ2) is 7.17. The van der Waals surface area contributed by atoms with Crippen LogP contribution in [-0.2, 0) is 19.7 Å². The maximum absolute atomic E-state index is 12.8. The van der Waals surface area contributed by atoms with Gasteiger partial charge < -0.3 is 4.42 Å². The fraction of sp³-hybridized carbons (Fsp3) is 0.333. The Hall–Kier alpha value is -2.18. The molecule has 0 atom stereocenters. The maximum Gasteiger partial charge on any atom is 0.501 e. The van der Waals surface area contributed by atoms with Crippen LogP contribution in [0.5, 0.6) is 0 Å². The Morgan fingerprint density at radius 2 is 1.81 bits per heavy atom. The second-order valence-electron chi connectivity index (χ2n) is 6.99. The van der Waals surface area contributed by atoms with Gasteiger partial charge >= 0.3 is 5.51 Å². The molecule has 2 heterocycles. The van der Waals surface area contributed by atoms with E-state index < -0.39 is 30.1 Å². The Balaban J connectivity index is 1.90. The lowest BCUT2D eigenvalue weighted by atomic mass is 10.2. The zero-order chi connectivity index (χ0) is 22.8. The highest BCUT2D eigenvalue weighted by Crippen LogP contribution is 2.45. The zero-order valence-electron chi connectivity index (χ0n) is 15.8. The predicted octanol–water partition coefficient (Wildman–Crippen LogP) is 4.51. The summed E-state index contributed by atoms with van der Waals surface area (Å²) in [5.74, 6) is -0.423. The fourth-order valence-corrected chi connectivity index (χ4v) is 5.14. The van der Waals surface area contributed by atoms with E-state index in [1.807, 2.05) is 0 Å². The Bertz CT molecular complexity index is 1410. The monoisotopic (exact) mass is 494 g/mol. The molecule has 0 amide bonds. The first-order valence-electron chi connectivity index (χ1n) is 9.00. The average Bonchev–Trinajstić information content (AvgIpc) is 3.44. The molecular weight excluding hydrogens is 481 g/mol. The van der Waals surface area contributed by atoms with Gasteiger partial charge in [-0.25, -0.2) is 26.8 Å². The van der Waals surface area contributed by atoms with Crippen molar-refractivity contribution in [1.82, 2.24) is 9.97 Å². The molecular formula is C18H14ClF3N2O5S2. The summed E-state index contributed by atoms with van der Waals surface area (Å²) in [6.45, 7) is 1.45. The molecule has 31 heavy (non-hydrogen) atoms. The number of hydrogen-bond acceptors (Lipinski definition) is 7. The van der Waals surface area contributed by atoms with Gasteiger partial charge in [0.15, 0.2) is 15.4 Å². The van der Waals surface area contributed by atoms with Crippen molar-refractivity contribution in [2.75, 3.05) is 5.75 Å². The Labute approximate surface area is 180 Å². The van der Waals surface area contributed by atoms with E-state index in [9.17, 15) is 30.0 Å². The van der Waals surface area contributed by atoms with E-state index in [0.717, 1.165) is 25.0 Å². The maximum atomic E-state index is 12.8. The number of aromatic nitrogens is 2. The normalized spacial score (nSPS) is 15.5. The number of alkyl halides is 3. The highest BCUT2D eigenvalue weighted by atomic mass is 35.5.